The van der Waals surface area contributed by atoms with Crippen LogP contribution in [0, 0.1) is 6.92 Å². The molecule has 1 aromatic rings. The zero-order valence-corrected chi connectivity index (χ0v) is 14.3. The van der Waals surface area contributed by atoms with Crippen molar-refractivity contribution < 1.29 is 0 Å². The molecule has 0 spiro atoms. The molecule has 0 aliphatic heterocycles. The van der Waals surface area contributed by atoms with Crippen LogP contribution in [0.2, 0.25) is 0 Å². The number of aryl methyl sites for hydroxylation is 1. The van der Waals surface area contributed by atoms with Crippen molar-refractivity contribution >= 4 is 27.3 Å². The van der Waals surface area contributed by atoms with Crippen LogP contribution in [-0.2, 0) is 0 Å². The molecule has 1 aromatic heterocycles. The van der Waals surface area contributed by atoms with Crippen molar-refractivity contribution in [1.29, 1.82) is 0 Å². The summed E-state index contributed by atoms with van der Waals surface area (Å²) in [6, 6.07) is 2.75. The minimum atomic E-state index is 0.518. The summed E-state index contributed by atoms with van der Waals surface area (Å²) in [6.07, 6.45) is 9.49. The summed E-state index contributed by atoms with van der Waals surface area (Å²) in [5.41, 5.74) is 0. The molecule has 1 N–H and O–H groups in total. The third-order valence-electron chi connectivity index (χ3n) is 3.35. The van der Waals surface area contributed by atoms with E-state index in [0.717, 1.165) is 0 Å². The van der Waals surface area contributed by atoms with Gasteiger partial charge in [-0.15, -0.1) is 11.3 Å². The van der Waals surface area contributed by atoms with Crippen LogP contribution in [0.4, 0.5) is 0 Å². The van der Waals surface area contributed by atoms with Gasteiger partial charge in [0.15, 0.2) is 0 Å². The van der Waals surface area contributed by atoms with E-state index in [9.17, 15) is 0 Å². The molecule has 0 fully saturated rings. The Labute approximate surface area is 125 Å². The first-order chi connectivity index (χ1) is 8.69. The van der Waals surface area contributed by atoms with E-state index in [1.54, 1.807) is 0 Å². The zero-order chi connectivity index (χ0) is 13.4. The Kier molecular flexibility index (Phi) is 8.20. The van der Waals surface area contributed by atoms with E-state index in [2.05, 4.69) is 48.2 Å². The normalized spacial score (nSPS) is 12.9. The van der Waals surface area contributed by atoms with E-state index < -0.39 is 0 Å². The van der Waals surface area contributed by atoms with E-state index in [-0.39, 0.29) is 0 Å². The van der Waals surface area contributed by atoms with Crippen LogP contribution in [0.5, 0.6) is 0 Å². The molecule has 1 atom stereocenters. The lowest BCUT2D eigenvalue weighted by atomic mass is 10.0. The first-order valence-electron chi connectivity index (χ1n) is 7.12. The van der Waals surface area contributed by atoms with Gasteiger partial charge in [0.05, 0.1) is 0 Å². The van der Waals surface area contributed by atoms with Gasteiger partial charge in [-0.2, -0.15) is 0 Å². The van der Waals surface area contributed by atoms with Gasteiger partial charge in [-0.3, -0.25) is 0 Å². The monoisotopic (exact) mass is 331 g/mol. The molecule has 0 aromatic carbocycles. The van der Waals surface area contributed by atoms with Crippen molar-refractivity contribution in [3.05, 3.63) is 20.3 Å². The fourth-order valence-corrected chi connectivity index (χ4v) is 4.35. The molecule has 0 amide bonds. The highest BCUT2D eigenvalue weighted by Crippen LogP contribution is 2.34. The maximum absolute atomic E-state index is 3.67. The van der Waals surface area contributed by atoms with Gasteiger partial charge in [0.1, 0.15) is 0 Å². The molecule has 0 bridgehead atoms. The summed E-state index contributed by atoms with van der Waals surface area (Å²) in [4.78, 5) is 2.85. The van der Waals surface area contributed by atoms with Crippen molar-refractivity contribution in [1.82, 2.24) is 5.32 Å². The summed E-state index contributed by atoms with van der Waals surface area (Å²) in [6.45, 7) is 4.45. The van der Waals surface area contributed by atoms with E-state index in [1.807, 2.05) is 11.3 Å². The van der Waals surface area contributed by atoms with Crippen LogP contribution in [0.25, 0.3) is 0 Å². The number of rotatable bonds is 9. The quantitative estimate of drug-likeness (QED) is 0.561. The van der Waals surface area contributed by atoms with Crippen LogP contribution in [0.3, 0.4) is 0 Å². The molecule has 104 valence electrons. The topological polar surface area (TPSA) is 12.0 Å². The zero-order valence-electron chi connectivity index (χ0n) is 11.9. The molecule has 18 heavy (non-hydrogen) atoms. The highest BCUT2D eigenvalue weighted by Gasteiger charge is 2.14. The second-order valence-corrected chi connectivity index (χ2v) is 7.11. The maximum Gasteiger partial charge on any atom is 0.0423 e. The summed E-state index contributed by atoms with van der Waals surface area (Å²) in [5, 5.41) is 3.45. The van der Waals surface area contributed by atoms with Crippen LogP contribution < -0.4 is 5.32 Å². The SMILES string of the molecule is CCCCCCCCC(NC)c1sc(C)cc1Br. The van der Waals surface area contributed by atoms with Crippen LogP contribution in [0.1, 0.15) is 67.7 Å². The first-order valence-corrected chi connectivity index (χ1v) is 8.73. The van der Waals surface area contributed by atoms with Gasteiger partial charge in [0, 0.05) is 20.3 Å². The van der Waals surface area contributed by atoms with Crippen LogP contribution in [0.15, 0.2) is 10.5 Å². The minimum absolute atomic E-state index is 0.518. The molecule has 1 nitrogen and oxygen atoms in total. The fourth-order valence-electron chi connectivity index (χ4n) is 2.27. The number of hydrogen-bond donors (Lipinski definition) is 1. The number of unbranched alkanes of at least 4 members (excludes halogenated alkanes) is 5. The van der Waals surface area contributed by atoms with Gasteiger partial charge < -0.3 is 5.32 Å². The Morgan fingerprint density at radius 1 is 1.22 bits per heavy atom. The average Bonchev–Trinajstić information content (AvgIpc) is 2.68. The second kappa shape index (κ2) is 9.11. The lowest BCUT2D eigenvalue weighted by Crippen LogP contribution is -2.15. The Hall–Kier alpha value is 0.140. The van der Waals surface area contributed by atoms with E-state index in [4.69, 9.17) is 0 Å². The van der Waals surface area contributed by atoms with Gasteiger partial charge in [-0.1, -0.05) is 45.4 Å². The van der Waals surface area contributed by atoms with Crippen molar-refractivity contribution in [2.24, 2.45) is 0 Å². The molecule has 0 saturated carbocycles. The Morgan fingerprint density at radius 2 is 1.89 bits per heavy atom. The molecule has 0 aliphatic rings. The first kappa shape index (κ1) is 16.2. The number of thiophene rings is 1. The largest absolute Gasteiger partial charge is 0.312 e. The number of halogens is 1. The summed E-state index contributed by atoms with van der Waals surface area (Å²) >= 11 is 5.58. The number of hydrogen-bond acceptors (Lipinski definition) is 2. The van der Waals surface area contributed by atoms with Crippen LogP contribution >= 0.6 is 27.3 Å². The van der Waals surface area contributed by atoms with Crippen molar-refractivity contribution in [3.63, 3.8) is 0 Å². The van der Waals surface area contributed by atoms with Gasteiger partial charge in [0.2, 0.25) is 0 Å². The second-order valence-electron chi connectivity index (χ2n) is 4.97. The van der Waals surface area contributed by atoms with Crippen molar-refractivity contribution in [2.75, 3.05) is 7.05 Å². The highest BCUT2D eigenvalue weighted by atomic mass is 79.9. The number of nitrogens with one attached hydrogen (secondary N) is 1. The third-order valence-corrected chi connectivity index (χ3v) is 5.43. The molecule has 0 saturated heterocycles. The fraction of sp³-hybridized carbons (Fsp3) is 0.733. The maximum atomic E-state index is 3.67. The van der Waals surface area contributed by atoms with Crippen molar-refractivity contribution in [2.45, 2.75) is 64.8 Å². The van der Waals surface area contributed by atoms with E-state index >= 15 is 0 Å². The minimum Gasteiger partial charge on any atom is -0.312 e. The highest BCUT2D eigenvalue weighted by molar-refractivity contribution is 9.10. The molecular formula is C15H26BrNS. The molecule has 1 rings (SSSR count). The summed E-state index contributed by atoms with van der Waals surface area (Å²) in [5.74, 6) is 0. The predicted octanol–water partition coefficient (Wildman–Crippen LogP) is 5.83. The smallest absolute Gasteiger partial charge is 0.0423 e. The van der Waals surface area contributed by atoms with E-state index in [0.29, 0.717) is 6.04 Å². The van der Waals surface area contributed by atoms with Gasteiger partial charge in [-0.25, -0.2) is 0 Å². The van der Waals surface area contributed by atoms with Crippen LogP contribution in [-0.4, -0.2) is 7.05 Å². The van der Waals surface area contributed by atoms with Gasteiger partial charge >= 0.3 is 0 Å². The Bertz CT molecular complexity index is 335. The van der Waals surface area contributed by atoms with Gasteiger partial charge in [0.25, 0.3) is 0 Å². The van der Waals surface area contributed by atoms with Crippen molar-refractivity contribution in [3.8, 4) is 0 Å². The molecule has 0 aliphatic carbocycles. The molecule has 1 heterocycles. The summed E-state index contributed by atoms with van der Waals surface area (Å²) in [7, 11) is 2.07. The Morgan fingerprint density at radius 3 is 2.44 bits per heavy atom. The van der Waals surface area contributed by atoms with E-state index in [1.165, 1.54) is 59.2 Å². The lowest BCUT2D eigenvalue weighted by Gasteiger charge is -2.15. The lowest BCUT2D eigenvalue weighted by molar-refractivity contribution is 0.502. The predicted molar refractivity (Wildman–Crippen MR) is 86.5 cm³/mol. The summed E-state index contributed by atoms with van der Waals surface area (Å²) < 4.78 is 1.27. The third kappa shape index (κ3) is 5.41. The molecular weight excluding hydrogens is 306 g/mol. The van der Waals surface area contributed by atoms with Gasteiger partial charge in [-0.05, 0) is 42.4 Å². The molecule has 3 heteroatoms. The average molecular weight is 332 g/mol. The standard InChI is InChI=1S/C15H26BrNS/c1-4-5-6-7-8-9-10-14(17-3)15-13(16)11-12(2)18-15/h11,14,17H,4-10H2,1-3H3. The Balaban J connectivity index is 2.32. The molecule has 1 unspecified atom stereocenters. The molecule has 0 radical (unpaired) electrons.